The minimum atomic E-state index is -1.31. The number of unbranched alkanes of at least 4 members (excludes halogenated alkanes) is 11. The number of hydrogen-bond donors (Lipinski definition) is 2. The summed E-state index contributed by atoms with van der Waals surface area (Å²) in [5.41, 5.74) is -0.451. The first-order valence-corrected chi connectivity index (χ1v) is 14.7. The third-order valence-corrected chi connectivity index (χ3v) is 7.74. The van der Waals surface area contributed by atoms with Gasteiger partial charge in [0.15, 0.2) is 5.43 Å². The molecule has 2 rings (SSSR count). The van der Waals surface area contributed by atoms with Crippen molar-refractivity contribution in [2.75, 3.05) is 0 Å². The number of carboxylic acid groups (broad SMARTS) is 1. The van der Waals surface area contributed by atoms with Crippen molar-refractivity contribution in [1.29, 1.82) is 0 Å². The van der Waals surface area contributed by atoms with Crippen LogP contribution in [0.2, 0.25) is 0 Å². The zero-order valence-electron chi connectivity index (χ0n) is 22.1. The van der Waals surface area contributed by atoms with Crippen LogP contribution in [0.4, 0.5) is 0 Å². The second-order valence-corrected chi connectivity index (χ2v) is 11.0. The summed E-state index contributed by atoms with van der Waals surface area (Å²) in [4.78, 5) is 24.3. The van der Waals surface area contributed by atoms with Crippen LogP contribution in [0.15, 0.2) is 44.5 Å². The van der Waals surface area contributed by atoms with E-state index in [1.54, 1.807) is 23.9 Å². The maximum absolute atomic E-state index is 12.3. The lowest BCUT2D eigenvalue weighted by Gasteiger charge is -2.15. The van der Waals surface area contributed by atoms with Crippen molar-refractivity contribution in [2.24, 2.45) is 0 Å². The monoisotopic (exact) mass is 516 g/mol. The van der Waals surface area contributed by atoms with Crippen LogP contribution < -0.4 is 5.43 Å². The van der Waals surface area contributed by atoms with E-state index in [2.05, 4.69) is 26.0 Å². The third kappa shape index (κ3) is 10.8. The summed E-state index contributed by atoms with van der Waals surface area (Å²) < 4.78 is 5.38. The lowest BCUT2D eigenvalue weighted by molar-refractivity contribution is 0.0663. The number of carbonyl (C=O) groups is 1. The van der Waals surface area contributed by atoms with Crippen LogP contribution in [0.1, 0.15) is 121 Å². The number of aromatic hydroxyl groups is 1. The Morgan fingerprint density at radius 3 is 2.19 bits per heavy atom. The molecule has 6 heteroatoms. The molecule has 2 aromatic rings. The zero-order chi connectivity index (χ0) is 26.2. The quantitative estimate of drug-likeness (QED) is 0.110. The standard InChI is InChI=1S/C30H44O5S/c1-3-5-7-8-9-10-11-12-13-14-15-16-17-19-23(18-6-4-2)36-24-20-25(31)29-26(32)22-28(30(33)34)35-27(29)21-24/h16-17,20-23,31H,3-15,18-19H2,1-2H3,(H,33,34)/t23-/m0/s1. The summed E-state index contributed by atoms with van der Waals surface area (Å²) in [6.07, 6.45) is 23.3. The van der Waals surface area contributed by atoms with Gasteiger partial charge >= 0.3 is 5.97 Å². The van der Waals surface area contributed by atoms with E-state index < -0.39 is 17.2 Å². The van der Waals surface area contributed by atoms with Crippen LogP contribution in [0.25, 0.3) is 11.0 Å². The number of rotatable bonds is 19. The number of phenols is 1. The Morgan fingerprint density at radius 1 is 0.917 bits per heavy atom. The van der Waals surface area contributed by atoms with Gasteiger partial charge in [-0.05, 0) is 37.8 Å². The van der Waals surface area contributed by atoms with Crippen LogP contribution in [-0.4, -0.2) is 21.4 Å². The molecule has 0 saturated carbocycles. The first-order valence-electron chi connectivity index (χ1n) is 13.8. The molecule has 0 aliphatic rings. The van der Waals surface area contributed by atoms with E-state index in [9.17, 15) is 19.8 Å². The highest BCUT2D eigenvalue weighted by molar-refractivity contribution is 8.00. The number of thioether (sulfide) groups is 1. The van der Waals surface area contributed by atoms with Crippen molar-refractivity contribution in [3.05, 3.63) is 46.3 Å². The molecule has 0 bridgehead atoms. The molecule has 0 radical (unpaired) electrons. The zero-order valence-corrected chi connectivity index (χ0v) is 22.9. The molecular formula is C30H44O5S. The van der Waals surface area contributed by atoms with Gasteiger partial charge in [-0.3, -0.25) is 4.79 Å². The minimum Gasteiger partial charge on any atom is -0.507 e. The minimum absolute atomic E-state index is 0.0193. The molecule has 0 unspecified atom stereocenters. The second-order valence-electron chi connectivity index (χ2n) is 9.66. The fraction of sp³-hybridized carbons (Fsp3) is 0.600. The van der Waals surface area contributed by atoms with Crippen molar-refractivity contribution >= 4 is 28.7 Å². The lowest BCUT2D eigenvalue weighted by Crippen LogP contribution is -2.07. The van der Waals surface area contributed by atoms with Crippen LogP contribution in [0, 0.1) is 0 Å². The van der Waals surface area contributed by atoms with Crippen LogP contribution in [-0.2, 0) is 0 Å². The summed E-state index contributed by atoms with van der Waals surface area (Å²) in [6.45, 7) is 4.43. The summed E-state index contributed by atoms with van der Waals surface area (Å²) in [7, 11) is 0. The first kappa shape index (κ1) is 30.0. The highest BCUT2D eigenvalue weighted by atomic mass is 32.2. The number of carboxylic acids is 1. The smallest absolute Gasteiger partial charge is 0.371 e. The van der Waals surface area contributed by atoms with Gasteiger partial charge in [0.1, 0.15) is 16.7 Å². The number of benzene rings is 1. The Kier molecular flexibility index (Phi) is 14.4. The molecule has 36 heavy (non-hydrogen) atoms. The van der Waals surface area contributed by atoms with Crippen LogP contribution >= 0.6 is 11.8 Å². The van der Waals surface area contributed by atoms with Gasteiger partial charge in [-0.1, -0.05) is 96.6 Å². The predicted octanol–water partition coefficient (Wildman–Crippen LogP) is 9.11. The summed E-state index contributed by atoms with van der Waals surface area (Å²) in [5, 5.41) is 20.0. The predicted molar refractivity (Wildman–Crippen MR) is 150 cm³/mol. The molecular weight excluding hydrogens is 472 g/mol. The molecule has 5 nitrogen and oxygen atoms in total. The Labute approximate surface area is 220 Å². The molecule has 0 amide bonds. The van der Waals surface area contributed by atoms with E-state index in [0.29, 0.717) is 5.25 Å². The van der Waals surface area contributed by atoms with Crippen molar-refractivity contribution in [3.63, 3.8) is 0 Å². The normalized spacial score (nSPS) is 12.5. The van der Waals surface area contributed by atoms with Gasteiger partial charge in [0, 0.05) is 16.2 Å². The van der Waals surface area contributed by atoms with Gasteiger partial charge in [0.2, 0.25) is 5.76 Å². The Hall–Kier alpha value is -2.21. The van der Waals surface area contributed by atoms with E-state index >= 15 is 0 Å². The fourth-order valence-electron chi connectivity index (χ4n) is 4.38. The van der Waals surface area contributed by atoms with Crippen LogP contribution in [0.5, 0.6) is 5.75 Å². The summed E-state index contributed by atoms with van der Waals surface area (Å²) in [6, 6.07) is 4.15. The SMILES string of the molecule is CCCCCCCCCCCCC=CC[C@H](CCCC)Sc1cc(O)c2c(=O)cc(C(=O)O)oc2c1. The van der Waals surface area contributed by atoms with Gasteiger partial charge in [-0.25, -0.2) is 4.79 Å². The average Bonchev–Trinajstić information content (AvgIpc) is 2.84. The molecule has 1 aromatic heterocycles. The van der Waals surface area contributed by atoms with E-state index in [0.717, 1.165) is 43.1 Å². The Morgan fingerprint density at radius 2 is 1.56 bits per heavy atom. The van der Waals surface area contributed by atoms with Crippen molar-refractivity contribution in [2.45, 2.75) is 120 Å². The largest absolute Gasteiger partial charge is 0.507 e. The number of phenolic OH excluding ortho intramolecular Hbond substituents is 1. The van der Waals surface area contributed by atoms with Gasteiger partial charge in [-0.15, -0.1) is 11.8 Å². The maximum Gasteiger partial charge on any atom is 0.371 e. The first-order chi connectivity index (χ1) is 17.5. The molecule has 1 heterocycles. The third-order valence-electron chi connectivity index (χ3n) is 6.47. The van der Waals surface area contributed by atoms with Crippen LogP contribution in [0.3, 0.4) is 0 Å². The molecule has 200 valence electrons. The second kappa shape index (κ2) is 17.3. The fourth-order valence-corrected chi connectivity index (χ4v) is 5.61. The Balaban J connectivity index is 1.84. The highest BCUT2D eigenvalue weighted by Gasteiger charge is 2.16. The topological polar surface area (TPSA) is 87.7 Å². The van der Waals surface area contributed by atoms with E-state index in [-0.39, 0.29) is 16.7 Å². The lowest BCUT2D eigenvalue weighted by atomic mass is 10.1. The van der Waals surface area contributed by atoms with E-state index in [1.165, 1.54) is 64.2 Å². The average molecular weight is 517 g/mol. The molecule has 0 aliphatic heterocycles. The van der Waals surface area contributed by atoms with Crippen molar-refractivity contribution in [3.8, 4) is 5.75 Å². The number of hydrogen-bond acceptors (Lipinski definition) is 5. The van der Waals surface area contributed by atoms with E-state index in [4.69, 9.17) is 4.42 Å². The number of allylic oxidation sites excluding steroid dienone is 2. The molecule has 0 saturated heterocycles. The van der Waals surface area contributed by atoms with Gasteiger partial charge in [0.05, 0.1) is 0 Å². The summed E-state index contributed by atoms with van der Waals surface area (Å²) >= 11 is 1.64. The van der Waals surface area contributed by atoms with Crippen molar-refractivity contribution in [1.82, 2.24) is 0 Å². The highest BCUT2D eigenvalue weighted by Crippen LogP contribution is 2.35. The Bertz CT molecular complexity index is 1010. The molecule has 0 aliphatic carbocycles. The molecule has 0 fully saturated rings. The van der Waals surface area contributed by atoms with Crippen molar-refractivity contribution < 1.29 is 19.4 Å². The number of fused-ring (bicyclic) bond motifs is 1. The molecule has 2 N–H and O–H groups in total. The number of aromatic carboxylic acids is 1. The molecule has 0 spiro atoms. The summed E-state index contributed by atoms with van der Waals surface area (Å²) in [5.74, 6) is -1.90. The van der Waals surface area contributed by atoms with Gasteiger partial charge in [0.25, 0.3) is 0 Å². The maximum atomic E-state index is 12.3. The van der Waals surface area contributed by atoms with Gasteiger partial charge < -0.3 is 14.6 Å². The van der Waals surface area contributed by atoms with Gasteiger partial charge in [-0.2, -0.15) is 0 Å². The van der Waals surface area contributed by atoms with E-state index in [1.807, 2.05) is 0 Å². The molecule has 1 atom stereocenters. The molecule has 1 aromatic carbocycles.